The predicted octanol–water partition coefficient (Wildman–Crippen LogP) is 3.10. The fourth-order valence-electron chi connectivity index (χ4n) is 1.76. The van der Waals surface area contributed by atoms with Gasteiger partial charge in [-0.1, -0.05) is 0 Å². The van der Waals surface area contributed by atoms with Gasteiger partial charge >= 0.3 is 13.4 Å². The molecular formula is C12H16BF3N2O2. The molecule has 20 heavy (non-hydrogen) atoms. The number of nitrogens with zero attached hydrogens (tertiary/aromatic N) is 1. The molecule has 0 amide bonds. The molecule has 1 aromatic rings. The number of alkyl halides is 3. The highest BCUT2D eigenvalue weighted by molar-refractivity contribution is 6.49. The molecule has 2 heterocycles. The molecule has 0 unspecified atom stereocenters. The Morgan fingerprint density at radius 2 is 1.70 bits per heavy atom. The average Bonchev–Trinajstić information content (AvgIpc) is 2.46. The van der Waals surface area contributed by atoms with Crippen molar-refractivity contribution in [2.75, 3.05) is 5.23 Å². The number of aromatic nitrogens is 1. The highest BCUT2D eigenvalue weighted by atomic mass is 19.4. The van der Waals surface area contributed by atoms with Crippen molar-refractivity contribution in [1.82, 2.24) is 4.98 Å². The van der Waals surface area contributed by atoms with Gasteiger partial charge in [0.25, 0.3) is 0 Å². The van der Waals surface area contributed by atoms with E-state index in [0.717, 1.165) is 6.07 Å². The van der Waals surface area contributed by atoms with E-state index in [0.29, 0.717) is 0 Å². The first-order valence-corrected chi connectivity index (χ1v) is 6.17. The van der Waals surface area contributed by atoms with Crippen LogP contribution in [0.2, 0.25) is 0 Å². The van der Waals surface area contributed by atoms with E-state index >= 15 is 0 Å². The molecule has 1 saturated heterocycles. The van der Waals surface area contributed by atoms with Crippen LogP contribution in [0, 0.1) is 0 Å². The van der Waals surface area contributed by atoms with Crippen LogP contribution in [0.3, 0.4) is 0 Å². The third-order valence-electron chi connectivity index (χ3n) is 3.62. The van der Waals surface area contributed by atoms with Crippen LogP contribution in [0.25, 0.3) is 0 Å². The number of anilines is 1. The Labute approximate surface area is 115 Å². The Hall–Kier alpha value is -1.28. The molecule has 1 aliphatic rings. The number of rotatable bonds is 2. The fraction of sp³-hybridized carbons (Fsp3) is 0.583. The summed E-state index contributed by atoms with van der Waals surface area (Å²) in [5, 5.41) is 2.55. The van der Waals surface area contributed by atoms with Gasteiger partial charge in [-0.2, -0.15) is 13.2 Å². The topological polar surface area (TPSA) is 43.4 Å². The van der Waals surface area contributed by atoms with Crippen molar-refractivity contribution in [3.05, 3.63) is 23.9 Å². The Morgan fingerprint density at radius 3 is 2.20 bits per heavy atom. The number of pyridine rings is 1. The summed E-state index contributed by atoms with van der Waals surface area (Å²) in [6.45, 7) is 7.27. The van der Waals surface area contributed by atoms with E-state index in [1.165, 1.54) is 12.3 Å². The van der Waals surface area contributed by atoms with Crippen molar-refractivity contribution < 1.29 is 22.5 Å². The zero-order valence-electron chi connectivity index (χ0n) is 11.7. The lowest BCUT2D eigenvalue weighted by atomic mass is 9.90. The van der Waals surface area contributed by atoms with Crippen molar-refractivity contribution in [2.24, 2.45) is 0 Å². The van der Waals surface area contributed by atoms with Crippen molar-refractivity contribution in [1.29, 1.82) is 0 Å². The molecule has 2 rings (SSSR count). The van der Waals surface area contributed by atoms with Crippen LogP contribution in [-0.4, -0.2) is 23.4 Å². The quantitative estimate of drug-likeness (QED) is 0.849. The summed E-state index contributed by atoms with van der Waals surface area (Å²) in [5.74, 6) is -0.307. The maximum absolute atomic E-state index is 12.9. The molecule has 110 valence electrons. The molecule has 0 aromatic carbocycles. The molecule has 4 nitrogen and oxygen atoms in total. The van der Waals surface area contributed by atoms with Gasteiger partial charge in [-0.15, -0.1) is 0 Å². The Morgan fingerprint density at radius 1 is 1.15 bits per heavy atom. The molecule has 0 bridgehead atoms. The minimum atomic E-state index is -4.49. The van der Waals surface area contributed by atoms with Gasteiger partial charge in [-0.25, -0.2) is 4.98 Å². The number of halogens is 3. The van der Waals surface area contributed by atoms with Crippen LogP contribution in [0.15, 0.2) is 18.3 Å². The summed E-state index contributed by atoms with van der Waals surface area (Å²) in [6, 6.07) is 2.19. The van der Waals surface area contributed by atoms with Gasteiger partial charge in [0.2, 0.25) is 0 Å². The average molecular weight is 288 g/mol. The van der Waals surface area contributed by atoms with Gasteiger partial charge < -0.3 is 14.5 Å². The normalized spacial score (nSPS) is 21.1. The molecule has 0 aliphatic carbocycles. The zero-order valence-corrected chi connectivity index (χ0v) is 11.7. The SMILES string of the molecule is CC1(C)OB(Nc2ncccc2C(F)(F)F)OC1(C)C. The Kier molecular flexibility index (Phi) is 3.50. The second-order valence-electron chi connectivity index (χ2n) is 5.63. The molecular weight excluding hydrogens is 272 g/mol. The molecule has 0 spiro atoms. The van der Waals surface area contributed by atoms with Gasteiger partial charge in [-0.05, 0) is 39.8 Å². The minimum Gasteiger partial charge on any atom is -0.384 e. The zero-order chi connectivity index (χ0) is 15.2. The third kappa shape index (κ3) is 2.76. The molecule has 1 aromatic heterocycles. The second-order valence-corrected chi connectivity index (χ2v) is 5.63. The first-order valence-electron chi connectivity index (χ1n) is 6.17. The van der Waals surface area contributed by atoms with Gasteiger partial charge in [0, 0.05) is 6.20 Å². The highest BCUT2D eigenvalue weighted by Gasteiger charge is 2.52. The van der Waals surface area contributed by atoms with Crippen LogP contribution in [0.1, 0.15) is 33.3 Å². The summed E-state index contributed by atoms with van der Waals surface area (Å²) in [7, 11) is -0.976. The first-order chi connectivity index (χ1) is 9.03. The van der Waals surface area contributed by atoms with E-state index in [4.69, 9.17) is 9.31 Å². The lowest BCUT2D eigenvalue weighted by molar-refractivity contribution is -0.137. The monoisotopic (exact) mass is 288 g/mol. The van der Waals surface area contributed by atoms with E-state index in [1.807, 2.05) is 27.7 Å². The molecule has 1 aliphatic heterocycles. The lowest BCUT2D eigenvalue weighted by Gasteiger charge is -2.32. The smallest absolute Gasteiger partial charge is 0.384 e. The highest BCUT2D eigenvalue weighted by Crippen LogP contribution is 2.38. The summed E-state index contributed by atoms with van der Waals surface area (Å²) in [6.07, 6.45) is -3.21. The van der Waals surface area contributed by atoms with E-state index in [9.17, 15) is 13.2 Å². The maximum atomic E-state index is 12.9. The summed E-state index contributed by atoms with van der Waals surface area (Å²) < 4.78 is 49.8. The Balaban J connectivity index is 2.21. The summed E-state index contributed by atoms with van der Waals surface area (Å²) in [4.78, 5) is 3.71. The van der Waals surface area contributed by atoms with Crippen LogP contribution in [0.5, 0.6) is 0 Å². The predicted molar refractivity (Wildman–Crippen MR) is 68.9 cm³/mol. The number of hydrogen-bond donors (Lipinski definition) is 1. The lowest BCUT2D eigenvalue weighted by Crippen LogP contribution is -2.41. The molecule has 0 saturated carbocycles. The first kappa shape index (κ1) is 15.1. The van der Waals surface area contributed by atoms with Crippen LogP contribution >= 0.6 is 0 Å². The molecule has 0 atom stereocenters. The van der Waals surface area contributed by atoms with Gasteiger partial charge in [-0.3, -0.25) is 0 Å². The minimum absolute atomic E-state index is 0.307. The Bertz CT molecular complexity index is 490. The van der Waals surface area contributed by atoms with Crippen molar-refractivity contribution in [2.45, 2.75) is 45.1 Å². The maximum Gasteiger partial charge on any atom is 0.592 e. The van der Waals surface area contributed by atoms with E-state index < -0.39 is 30.2 Å². The fourth-order valence-corrected chi connectivity index (χ4v) is 1.76. The van der Waals surface area contributed by atoms with E-state index in [-0.39, 0.29) is 5.82 Å². The molecule has 0 radical (unpaired) electrons. The second kappa shape index (κ2) is 4.63. The molecule has 1 N–H and O–H groups in total. The van der Waals surface area contributed by atoms with Crippen molar-refractivity contribution in [3.63, 3.8) is 0 Å². The number of hydrogen-bond acceptors (Lipinski definition) is 4. The summed E-state index contributed by atoms with van der Waals surface area (Å²) >= 11 is 0. The van der Waals surface area contributed by atoms with Crippen molar-refractivity contribution >= 4 is 13.1 Å². The van der Waals surface area contributed by atoms with Gasteiger partial charge in [0.05, 0.1) is 16.8 Å². The summed E-state index contributed by atoms with van der Waals surface area (Å²) in [5.41, 5.74) is -2.11. The van der Waals surface area contributed by atoms with Crippen LogP contribution < -0.4 is 5.23 Å². The van der Waals surface area contributed by atoms with Gasteiger partial charge in [0.15, 0.2) is 0 Å². The van der Waals surface area contributed by atoms with Crippen LogP contribution in [0.4, 0.5) is 19.0 Å². The molecule has 8 heteroatoms. The third-order valence-corrected chi connectivity index (χ3v) is 3.62. The molecule has 1 fully saturated rings. The van der Waals surface area contributed by atoms with E-state index in [1.54, 1.807) is 0 Å². The standard InChI is InChI=1S/C12H16BF3N2O2/c1-10(2)11(3,4)20-13(19-10)18-9-8(12(14,15)16)6-5-7-17-9/h5-7H,1-4H3,(H,17,18). The van der Waals surface area contributed by atoms with Gasteiger partial charge in [0.1, 0.15) is 5.82 Å². The van der Waals surface area contributed by atoms with Crippen LogP contribution in [-0.2, 0) is 15.5 Å². The number of nitrogens with one attached hydrogen (secondary N) is 1. The van der Waals surface area contributed by atoms with Crippen molar-refractivity contribution in [3.8, 4) is 0 Å². The largest absolute Gasteiger partial charge is 0.592 e. The van der Waals surface area contributed by atoms with E-state index in [2.05, 4.69) is 10.2 Å².